The Balaban J connectivity index is 0.00000235. The maximum atomic E-state index is 14.3. The smallest absolute Gasteiger partial charge is 0.205 e. The van der Waals surface area contributed by atoms with Crippen LogP contribution in [0.25, 0.3) is 0 Å². The normalized spacial score (nSPS) is 11.9. The van der Waals surface area contributed by atoms with E-state index in [9.17, 15) is 22.7 Å². The molecule has 3 rings (SSSR count). The molecule has 0 saturated heterocycles. The molecule has 3 nitrogen and oxygen atoms in total. The Morgan fingerprint density at radius 3 is 2.00 bits per heavy atom. The largest absolute Gasteiger partial charge is 0.507 e. The lowest BCUT2D eigenvalue weighted by Crippen LogP contribution is -2.17. The standard InChI is InChI=1S/C27H28F4NO2P.C2H4/c1-26(2,3)15-11-14(23(33)16(12-15)27(4,5)6)13-32-17-9-7-8-10-18(17)34-24-21(30)19(28)20(29)22(31)25(24)35;1-2/h7-13,33H,35H2,1-6H3;1-2H2. The zero-order valence-electron chi connectivity index (χ0n) is 21.8. The van der Waals surface area contributed by atoms with Gasteiger partial charge in [0.2, 0.25) is 11.6 Å². The lowest BCUT2D eigenvalue weighted by molar-refractivity contribution is 0.377. The predicted octanol–water partition coefficient (Wildman–Crippen LogP) is 8.39. The summed E-state index contributed by atoms with van der Waals surface area (Å²) in [6, 6.07) is 10.0. The average Bonchev–Trinajstić information content (AvgIpc) is 2.84. The average molecular weight is 534 g/mol. The van der Waals surface area contributed by atoms with E-state index in [1.165, 1.54) is 12.3 Å². The van der Waals surface area contributed by atoms with Crippen LogP contribution in [0.1, 0.15) is 58.2 Å². The number of halogens is 4. The van der Waals surface area contributed by atoms with Crippen molar-refractivity contribution in [3.63, 3.8) is 0 Å². The highest BCUT2D eigenvalue weighted by atomic mass is 31.0. The first kappa shape index (κ1) is 30.0. The van der Waals surface area contributed by atoms with Gasteiger partial charge in [0.25, 0.3) is 0 Å². The molecule has 1 unspecified atom stereocenters. The Bertz CT molecular complexity index is 1300. The summed E-state index contributed by atoms with van der Waals surface area (Å²) in [6.45, 7) is 18.2. The molecular weight excluding hydrogens is 501 g/mol. The highest BCUT2D eigenvalue weighted by molar-refractivity contribution is 7.27. The van der Waals surface area contributed by atoms with E-state index >= 15 is 0 Å². The van der Waals surface area contributed by atoms with E-state index in [1.807, 2.05) is 42.1 Å². The van der Waals surface area contributed by atoms with E-state index in [-0.39, 0.29) is 28.0 Å². The molecule has 0 amide bonds. The minimum atomic E-state index is -1.97. The number of rotatable bonds is 4. The van der Waals surface area contributed by atoms with Crippen LogP contribution in [0.3, 0.4) is 0 Å². The Labute approximate surface area is 218 Å². The van der Waals surface area contributed by atoms with Gasteiger partial charge in [0.05, 0.1) is 5.30 Å². The Morgan fingerprint density at radius 2 is 1.43 bits per heavy atom. The van der Waals surface area contributed by atoms with Crippen molar-refractivity contribution >= 4 is 26.4 Å². The summed E-state index contributed by atoms with van der Waals surface area (Å²) in [6.07, 6.45) is 1.45. The van der Waals surface area contributed by atoms with Gasteiger partial charge in [-0.25, -0.2) is 13.2 Å². The second-order valence-electron chi connectivity index (χ2n) is 10.3. The van der Waals surface area contributed by atoms with E-state index in [2.05, 4.69) is 38.9 Å². The van der Waals surface area contributed by atoms with Gasteiger partial charge in [0.1, 0.15) is 11.4 Å². The van der Waals surface area contributed by atoms with Gasteiger partial charge < -0.3 is 9.84 Å². The number of hydrogen-bond acceptors (Lipinski definition) is 3. The summed E-state index contributed by atoms with van der Waals surface area (Å²) in [5.41, 5.74) is 1.90. The van der Waals surface area contributed by atoms with E-state index in [4.69, 9.17) is 4.74 Å². The van der Waals surface area contributed by atoms with E-state index in [1.54, 1.807) is 18.2 Å². The zero-order valence-corrected chi connectivity index (χ0v) is 23.0. The van der Waals surface area contributed by atoms with Gasteiger partial charge in [0.15, 0.2) is 23.1 Å². The number of phenolic OH excluding ortho intramolecular Hbond substituents is 1. The number of phenols is 1. The molecule has 8 heteroatoms. The lowest BCUT2D eigenvalue weighted by Gasteiger charge is -2.27. The molecule has 0 spiro atoms. The van der Waals surface area contributed by atoms with Crippen LogP contribution in [0.5, 0.6) is 17.2 Å². The number of aliphatic imine (C=N–C) groups is 1. The molecule has 0 aromatic heterocycles. The Morgan fingerprint density at radius 1 is 0.865 bits per heavy atom. The van der Waals surface area contributed by atoms with Crippen LogP contribution in [0.2, 0.25) is 0 Å². The maximum absolute atomic E-state index is 14.3. The van der Waals surface area contributed by atoms with Gasteiger partial charge in [-0.1, -0.05) is 69.0 Å². The zero-order chi connectivity index (χ0) is 28.3. The van der Waals surface area contributed by atoms with Crippen molar-refractivity contribution in [2.24, 2.45) is 4.99 Å². The molecule has 3 aromatic carbocycles. The van der Waals surface area contributed by atoms with Crippen molar-refractivity contribution in [2.75, 3.05) is 0 Å². The van der Waals surface area contributed by atoms with Gasteiger partial charge in [-0.15, -0.1) is 13.2 Å². The van der Waals surface area contributed by atoms with Crippen LogP contribution < -0.4 is 10.0 Å². The second-order valence-corrected chi connectivity index (χ2v) is 10.9. The van der Waals surface area contributed by atoms with Crippen LogP contribution in [0.4, 0.5) is 23.2 Å². The molecule has 0 aliphatic carbocycles. The number of hydrogen-bond donors (Lipinski definition) is 1. The van der Waals surface area contributed by atoms with Crippen LogP contribution in [0, 0.1) is 23.3 Å². The number of ether oxygens (including phenoxy) is 1. The van der Waals surface area contributed by atoms with E-state index < -0.39 is 34.3 Å². The first-order chi connectivity index (χ1) is 17.1. The molecule has 37 heavy (non-hydrogen) atoms. The molecular formula is C29H32F4NO2P. The number of para-hydroxylation sites is 2. The molecule has 0 aliphatic heterocycles. The Hall–Kier alpha value is -3.18. The molecule has 1 atom stereocenters. The molecule has 3 aromatic rings. The number of aromatic hydroxyl groups is 1. The van der Waals surface area contributed by atoms with Crippen molar-refractivity contribution < 1.29 is 27.4 Å². The quantitative estimate of drug-likeness (QED) is 0.0914. The summed E-state index contributed by atoms with van der Waals surface area (Å²) in [4.78, 5) is 4.40. The summed E-state index contributed by atoms with van der Waals surface area (Å²) in [7, 11) is 1.81. The predicted molar refractivity (Wildman–Crippen MR) is 146 cm³/mol. The molecule has 0 saturated carbocycles. The fourth-order valence-corrected chi connectivity index (χ4v) is 3.70. The van der Waals surface area contributed by atoms with E-state index in [0.717, 1.165) is 11.1 Å². The van der Waals surface area contributed by atoms with E-state index in [0.29, 0.717) is 5.56 Å². The monoisotopic (exact) mass is 533 g/mol. The van der Waals surface area contributed by atoms with Gasteiger partial charge in [-0.05, 0) is 34.6 Å². The highest BCUT2D eigenvalue weighted by Crippen LogP contribution is 2.38. The molecule has 0 fully saturated rings. The van der Waals surface area contributed by atoms with Crippen LogP contribution in [-0.4, -0.2) is 11.3 Å². The summed E-state index contributed by atoms with van der Waals surface area (Å²) in [5, 5.41) is 10.4. The molecule has 0 bridgehead atoms. The lowest BCUT2D eigenvalue weighted by atomic mass is 9.79. The molecule has 0 radical (unpaired) electrons. The Kier molecular flexibility index (Phi) is 9.32. The minimum absolute atomic E-state index is 0.0146. The fourth-order valence-electron chi connectivity index (χ4n) is 3.39. The summed E-state index contributed by atoms with van der Waals surface area (Å²) in [5.74, 6) is -7.85. The molecule has 198 valence electrons. The van der Waals surface area contributed by atoms with Crippen molar-refractivity contribution in [1.82, 2.24) is 0 Å². The van der Waals surface area contributed by atoms with Crippen molar-refractivity contribution in [2.45, 2.75) is 52.4 Å². The number of benzene rings is 3. The minimum Gasteiger partial charge on any atom is -0.507 e. The molecule has 0 heterocycles. The van der Waals surface area contributed by atoms with Crippen LogP contribution in [-0.2, 0) is 10.8 Å². The first-order valence-electron chi connectivity index (χ1n) is 11.4. The molecule has 1 N–H and O–H groups in total. The van der Waals surface area contributed by atoms with Crippen molar-refractivity contribution in [3.8, 4) is 17.2 Å². The maximum Gasteiger partial charge on any atom is 0.205 e. The van der Waals surface area contributed by atoms with Gasteiger partial charge in [-0.2, -0.15) is 4.39 Å². The van der Waals surface area contributed by atoms with Crippen molar-refractivity contribution in [3.05, 3.63) is 89.5 Å². The first-order valence-corrected chi connectivity index (χ1v) is 12.0. The summed E-state index contributed by atoms with van der Waals surface area (Å²) < 4.78 is 61.1. The molecule has 0 aliphatic rings. The van der Waals surface area contributed by atoms with Gasteiger partial charge >= 0.3 is 0 Å². The number of nitrogens with zero attached hydrogens (tertiary/aromatic N) is 1. The van der Waals surface area contributed by atoms with Crippen LogP contribution >= 0.6 is 9.24 Å². The summed E-state index contributed by atoms with van der Waals surface area (Å²) >= 11 is 0. The third kappa shape index (κ3) is 6.58. The third-order valence-electron chi connectivity index (χ3n) is 5.49. The fraction of sp³-hybridized carbons (Fsp3) is 0.276. The third-order valence-corrected chi connectivity index (χ3v) is 6.01. The highest BCUT2D eigenvalue weighted by Gasteiger charge is 2.26. The SMILES string of the molecule is C=C.CC(C)(C)c1cc(C=Nc2ccccc2Oc2c(F)c(F)c(F)c(F)c2P)c(O)c(C(C)(C)C)c1. The topological polar surface area (TPSA) is 41.8 Å². The van der Waals surface area contributed by atoms with Crippen LogP contribution in [0.15, 0.2) is 54.5 Å². The van der Waals surface area contributed by atoms with Gasteiger partial charge in [0, 0.05) is 17.3 Å². The van der Waals surface area contributed by atoms with Gasteiger partial charge in [-0.3, -0.25) is 4.99 Å². The second kappa shape index (κ2) is 11.5. The van der Waals surface area contributed by atoms with Crippen molar-refractivity contribution in [1.29, 1.82) is 0 Å².